The van der Waals surface area contributed by atoms with Gasteiger partial charge in [0.15, 0.2) is 0 Å². The van der Waals surface area contributed by atoms with E-state index in [-0.39, 0.29) is 12.0 Å². The SMILES string of the molecule is CCCn1c(C(=O)N2CC[C@@H](Oc3cc(C)oc(=O)c3)C2)cc2c(=O)n(C)c(=O)n(C)c21. The quantitative estimate of drug-likeness (QED) is 0.583. The van der Waals surface area contributed by atoms with Gasteiger partial charge in [-0.2, -0.15) is 0 Å². The molecule has 1 aliphatic rings. The standard InChI is InChI=1S/C22H26N4O6/c1-5-7-26-17(11-16-19(26)23(3)22(30)24(4)20(16)28)21(29)25-8-6-14(12-25)32-15-9-13(2)31-18(27)10-15/h9-11,14H,5-8,12H2,1-4H3/t14-/m1/s1. The van der Waals surface area contributed by atoms with Crippen LogP contribution in [0.2, 0.25) is 0 Å². The lowest BCUT2D eigenvalue weighted by Gasteiger charge is -2.19. The van der Waals surface area contributed by atoms with Crippen molar-refractivity contribution < 1.29 is 13.9 Å². The van der Waals surface area contributed by atoms with Crippen LogP contribution in [0.3, 0.4) is 0 Å². The van der Waals surface area contributed by atoms with E-state index >= 15 is 0 Å². The molecule has 0 aliphatic carbocycles. The highest BCUT2D eigenvalue weighted by Crippen LogP contribution is 2.23. The second-order valence-electron chi connectivity index (χ2n) is 8.13. The fraction of sp³-hybridized carbons (Fsp3) is 0.455. The lowest BCUT2D eigenvalue weighted by Crippen LogP contribution is -2.37. The van der Waals surface area contributed by atoms with Crippen molar-refractivity contribution in [3.63, 3.8) is 0 Å². The first-order valence-corrected chi connectivity index (χ1v) is 10.6. The van der Waals surface area contributed by atoms with Crippen molar-refractivity contribution in [1.29, 1.82) is 0 Å². The van der Waals surface area contributed by atoms with E-state index < -0.39 is 16.9 Å². The summed E-state index contributed by atoms with van der Waals surface area (Å²) in [4.78, 5) is 51.8. The minimum atomic E-state index is -0.484. The predicted octanol–water partition coefficient (Wildman–Crippen LogP) is 1.00. The van der Waals surface area contributed by atoms with Gasteiger partial charge in [-0.1, -0.05) is 6.92 Å². The molecule has 1 fully saturated rings. The van der Waals surface area contributed by atoms with Crippen LogP contribution in [0.15, 0.2) is 37.0 Å². The zero-order valence-corrected chi connectivity index (χ0v) is 18.6. The molecule has 4 rings (SSSR count). The molecule has 1 amide bonds. The number of hydrogen-bond acceptors (Lipinski definition) is 6. The zero-order valence-electron chi connectivity index (χ0n) is 18.6. The van der Waals surface area contributed by atoms with E-state index in [1.165, 1.54) is 17.7 Å². The predicted molar refractivity (Wildman–Crippen MR) is 117 cm³/mol. The molecular weight excluding hydrogens is 416 g/mol. The molecule has 10 heteroatoms. The Labute approximate surface area is 183 Å². The van der Waals surface area contributed by atoms with Gasteiger partial charge in [0, 0.05) is 39.7 Å². The number of likely N-dealkylation sites (tertiary alicyclic amines) is 1. The first-order valence-electron chi connectivity index (χ1n) is 10.6. The first kappa shape index (κ1) is 21.7. The van der Waals surface area contributed by atoms with Gasteiger partial charge in [0.2, 0.25) is 0 Å². The average molecular weight is 442 g/mol. The number of carbonyl (C=O) groups excluding carboxylic acids is 1. The van der Waals surface area contributed by atoms with Crippen LogP contribution in [0.1, 0.15) is 36.0 Å². The topological polar surface area (TPSA) is 109 Å². The van der Waals surface area contributed by atoms with Crippen molar-refractivity contribution in [3.05, 3.63) is 60.9 Å². The van der Waals surface area contributed by atoms with E-state index in [4.69, 9.17) is 9.15 Å². The van der Waals surface area contributed by atoms with E-state index in [1.54, 1.807) is 35.6 Å². The molecule has 1 atom stereocenters. The molecule has 1 aliphatic heterocycles. The molecule has 32 heavy (non-hydrogen) atoms. The molecule has 1 saturated heterocycles. The Balaban J connectivity index is 1.65. The Bertz CT molecular complexity index is 1380. The maximum atomic E-state index is 13.4. The number of amides is 1. The summed E-state index contributed by atoms with van der Waals surface area (Å²) in [6.07, 6.45) is 1.08. The molecule has 0 spiro atoms. The molecule has 0 radical (unpaired) electrons. The van der Waals surface area contributed by atoms with Gasteiger partial charge in [0.1, 0.15) is 29.0 Å². The Morgan fingerprint density at radius 1 is 1.16 bits per heavy atom. The fourth-order valence-electron chi connectivity index (χ4n) is 4.28. The summed E-state index contributed by atoms with van der Waals surface area (Å²) >= 11 is 0. The molecule has 10 nitrogen and oxygen atoms in total. The zero-order chi connectivity index (χ0) is 23.2. The summed E-state index contributed by atoms with van der Waals surface area (Å²) in [5, 5.41) is 0.338. The van der Waals surface area contributed by atoms with Crippen molar-refractivity contribution >= 4 is 16.9 Å². The summed E-state index contributed by atoms with van der Waals surface area (Å²) in [7, 11) is 3.03. The summed E-state index contributed by atoms with van der Waals surface area (Å²) in [5.41, 5.74) is -0.525. The molecule has 4 heterocycles. The molecule has 0 aromatic carbocycles. The van der Waals surface area contributed by atoms with Crippen LogP contribution in [0.25, 0.3) is 11.0 Å². The Morgan fingerprint density at radius 3 is 2.59 bits per heavy atom. The minimum Gasteiger partial charge on any atom is -0.488 e. The third-order valence-corrected chi connectivity index (χ3v) is 5.76. The largest absolute Gasteiger partial charge is 0.488 e. The Kier molecular flexibility index (Phi) is 5.53. The average Bonchev–Trinajstić information content (AvgIpc) is 3.35. The van der Waals surface area contributed by atoms with Crippen molar-refractivity contribution in [1.82, 2.24) is 18.6 Å². The highest BCUT2D eigenvalue weighted by atomic mass is 16.5. The van der Waals surface area contributed by atoms with E-state index in [9.17, 15) is 19.2 Å². The molecule has 0 unspecified atom stereocenters. The van der Waals surface area contributed by atoms with E-state index in [0.717, 1.165) is 11.0 Å². The van der Waals surface area contributed by atoms with Crippen LogP contribution >= 0.6 is 0 Å². The molecule has 3 aromatic heterocycles. The lowest BCUT2D eigenvalue weighted by atomic mass is 10.3. The van der Waals surface area contributed by atoms with Crippen LogP contribution in [0, 0.1) is 6.92 Å². The third kappa shape index (κ3) is 3.65. The molecule has 0 bridgehead atoms. The van der Waals surface area contributed by atoms with E-state index in [2.05, 4.69) is 0 Å². The number of aryl methyl sites for hydroxylation is 3. The number of rotatable bonds is 5. The second kappa shape index (κ2) is 8.18. The second-order valence-corrected chi connectivity index (χ2v) is 8.13. The van der Waals surface area contributed by atoms with Crippen LogP contribution < -0.4 is 21.6 Å². The molecule has 0 N–H and O–H groups in total. The van der Waals surface area contributed by atoms with Gasteiger partial charge in [0.25, 0.3) is 11.5 Å². The lowest BCUT2D eigenvalue weighted by molar-refractivity contribution is 0.0761. The van der Waals surface area contributed by atoms with E-state index in [1.807, 2.05) is 6.92 Å². The third-order valence-electron chi connectivity index (χ3n) is 5.76. The number of nitrogens with zero attached hydrogens (tertiary/aromatic N) is 4. The van der Waals surface area contributed by atoms with Crippen molar-refractivity contribution in [2.45, 2.75) is 39.3 Å². The maximum Gasteiger partial charge on any atom is 0.339 e. The van der Waals surface area contributed by atoms with Crippen molar-refractivity contribution in [2.24, 2.45) is 14.1 Å². The van der Waals surface area contributed by atoms with Gasteiger partial charge in [-0.15, -0.1) is 0 Å². The van der Waals surface area contributed by atoms with Crippen molar-refractivity contribution in [3.8, 4) is 5.75 Å². The number of carbonyl (C=O) groups is 1. The van der Waals surface area contributed by atoms with Crippen molar-refractivity contribution in [2.75, 3.05) is 13.1 Å². The normalized spacial score (nSPS) is 16.1. The van der Waals surface area contributed by atoms with Crippen LogP contribution in [-0.2, 0) is 20.6 Å². The van der Waals surface area contributed by atoms with Crippen LogP contribution in [0.5, 0.6) is 5.75 Å². The van der Waals surface area contributed by atoms with Gasteiger partial charge in [-0.3, -0.25) is 18.7 Å². The van der Waals surface area contributed by atoms with Gasteiger partial charge >= 0.3 is 11.3 Å². The highest BCUT2D eigenvalue weighted by molar-refractivity contribution is 5.98. The summed E-state index contributed by atoms with van der Waals surface area (Å²) < 4.78 is 15.0. The Morgan fingerprint density at radius 2 is 1.91 bits per heavy atom. The molecular formula is C22H26N4O6. The molecule has 170 valence electrons. The van der Waals surface area contributed by atoms with Crippen LogP contribution in [-0.4, -0.2) is 43.7 Å². The summed E-state index contributed by atoms with van der Waals surface area (Å²) in [5.74, 6) is 0.644. The molecule has 0 saturated carbocycles. The highest BCUT2D eigenvalue weighted by Gasteiger charge is 2.31. The fourth-order valence-corrected chi connectivity index (χ4v) is 4.28. The first-order chi connectivity index (χ1) is 15.2. The summed E-state index contributed by atoms with van der Waals surface area (Å²) in [6.45, 7) is 4.97. The van der Waals surface area contributed by atoms with Gasteiger partial charge in [-0.25, -0.2) is 9.59 Å². The van der Waals surface area contributed by atoms with Gasteiger partial charge in [-0.05, 0) is 19.4 Å². The van der Waals surface area contributed by atoms with E-state index in [0.29, 0.717) is 54.3 Å². The number of fused-ring (bicyclic) bond motifs is 1. The molecule has 3 aromatic rings. The number of hydrogen-bond donors (Lipinski definition) is 0. The van der Waals surface area contributed by atoms with Gasteiger partial charge < -0.3 is 18.6 Å². The minimum absolute atomic E-state index is 0.223. The smallest absolute Gasteiger partial charge is 0.339 e. The Hall–Kier alpha value is -3.56. The summed E-state index contributed by atoms with van der Waals surface area (Å²) in [6, 6.07) is 4.50. The van der Waals surface area contributed by atoms with Crippen LogP contribution in [0.4, 0.5) is 0 Å². The number of aromatic nitrogens is 3. The number of ether oxygens (including phenoxy) is 1. The monoisotopic (exact) mass is 442 g/mol. The maximum absolute atomic E-state index is 13.4. The van der Waals surface area contributed by atoms with Gasteiger partial charge in [0.05, 0.1) is 18.0 Å².